The smallest absolute Gasteiger partial charge is 0.228 e. The van der Waals surface area contributed by atoms with Crippen molar-refractivity contribution in [3.05, 3.63) is 0 Å². The topological polar surface area (TPSA) is 29.5 Å². The van der Waals surface area contributed by atoms with Gasteiger partial charge in [0.25, 0.3) is 0 Å². The van der Waals surface area contributed by atoms with Crippen molar-refractivity contribution in [2.24, 2.45) is 5.92 Å². The largest absolute Gasteiger partial charge is 0.381 e. The summed E-state index contributed by atoms with van der Waals surface area (Å²) in [5.74, 6) is 1.54. The zero-order valence-electron chi connectivity index (χ0n) is 12.5. The Morgan fingerprint density at radius 2 is 2.11 bits per heavy atom. The van der Waals surface area contributed by atoms with E-state index in [1.165, 1.54) is 12.8 Å². The molecule has 0 saturated carbocycles. The lowest BCUT2D eigenvalue weighted by Crippen LogP contribution is -2.48. The fraction of sp³-hybridized carbons (Fsp3) is 0.933. The summed E-state index contributed by atoms with van der Waals surface area (Å²) in [5, 5.41) is 0. The quantitative estimate of drug-likeness (QED) is 0.798. The van der Waals surface area contributed by atoms with Crippen LogP contribution >= 0.6 is 11.8 Å². The first kappa shape index (κ1) is 15.2. The number of thioether (sulfide) groups is 1. The number of hydrogen-bond acceptors (Lipinski definition) is 3. The third-order valence-electron chi connectivity index (χ3n) is 3.90. The van der Waals surface area contributed by atoms with Gasteiger partial charge in [-0.05, 0) is 25.7 Å². The van der Waals surface area contributed by atoms with Crippen LogP contribution < -0.4 is 0 Å². The number of likely N-dealkylation sites (tertiary alicyclic amines) is 1. The lowest BCUT2D eigenvalue weighted by atomic mass is 9.99. The summed E-state index contributed by atoms with van der Waals surface area (Å²) >= 11 is 1.98. The SMILES string of the molecule is CC(C)(C)SCC1CCCCN1C(=O)C1CCOC1. The highest BCUT2D eigenvalue weighted by Gasteiger charge is 2.33. The number of ether oxygens (including phenoxy) is 1. The number of hydrogen-bond donors (Lipinski definition) is 0. The van der Waals surface area contributed by atoms with Crippen molar-refractivity contribution in [2.75, 3.05) is 25.5 Å². The molecule has 2 unspecified atom stereocenters. The molecule has 0 aromatic carbocycles. The van der Waals surface area contributed by atoms with E-state index in [4.69, 9.17) is 4.74 Å². The van der Waals surface area contributed by atoms with Gasteiger partial charge >= 0.3 is 0 Å². The van der Waals surface area contributed by atoms with Crippen LogP contribution in [0.4, 0.5) is 0 Å². The van der Waals surface area contributed by atoms with Gasteiger partial charge in [0.05, 0.1) is 12.5 Å². The molecule has 19 heavy (non-hydrogen) atoms. The predicted molar refractivity (Wildman–Crippen MR) is 80.5 cm³/mol. The van der Waals surface area contributed by atoms with Gasteiger partial charge in [0.1, 0.15) is 0 Å². The number of nitrogens with zero attached hydrogens (tertiary/aromatic N) is 1. The van der Waals surface area contributed by atoms with Gasteiger partial charge in [-0.3, -0.25) is 4.79 Å². The van der Waals surface area contributed by atoms with E-state index in [0.717, 1.165) is 31.7 Å². The molecule has 0 bridgehead atoms. The van der Waals surface area contributed by atoms with Gasteiger partial charge < -0.3 is 9.64 Å². The number of amides is 1. The Balaban J connectivity index is 1.93. The summed E-state index contributed by atoms with van der Waals surface area (Å²) in [5.41, 5.74) is 0. The van der Waals surface area contributed by atoms with Gasteiger partial charge in [-0.15, -0.1) is 0 Å². The highest BCUT2D eigenvalue weighted by atomic mass is 32.2. The molecule has 1 amide bonds. The van der Waals surface area contributed by atoms with E-state index in [0.29, 0.717) is 18.6 Å². The van der Waals surface area contributed by atoms with Crippen LogP contribution in [0.15, 0.2) is 0 Å². The van der Waals surface area contributed by atoms with Crippen molar-refractivity contribution in [2.45, 2.75) is 57.2 Å². The minimum atomic E-state index is 0.125. The van der Waals surface area contributed by atoms with Crippen LogP contribution in [-0.2, 0) is 9.53 Å². The van der Waals surface area contributed by atoms with E-state index >= 15 is 0 Å². The number of carbonyl (C=O) groups is 1. The van der Waals surface area contributed by atoms with E-state index in [-0.39, 0.29) is 10.7 Å². The zero-order chi connectivity index (χ0) is 13.9. The van der Waals surface area contributed by atoms with Crippen molar-refractivity contribution in [1.29, 1.82) is 0 Å². The second-order valence-corrected chi connectivity index (χ2v) is 8.51. The van der Waals surface area contributed by atoms with E-state index in [9.17, 15) is 4.79 Å². The van der Waals surface area contributed by atoms with Gasteiger partial charge in [0.2, 0.25) is 5.91 Å². The zero-order valence-corrected chi connectivity index (χ0v) is 13.3. The summed E-state index contributed by atoms with van der Waals surface area (Å²) in [7, 11) is 0. The summed E-state index contributed by atoms with van der Waals surface area (Å²) in [6, 6.07) is 0.436. The molecule has 0 aromatic rings. The molecule has 2 heterocycles. The van der Waals surface area contributed by atoms with Gasteiger partial charge in [-0.2, -0.15) is 11.8 Å². The molecule has 0 spiro atoms. The summed E-state index contributed by atoms with van der Waals surface area (Å²) < 4.78 is 5.65. The van der Waals surface area contributed by atoms with E-state index < -0.39 is 0 Å². The number of piperidine rings is 1. The van der Waals surface area contributed by atoms with Crippen LogP contribution in [0.25, 0.3) is 0 Å². The summed E-state index contributed by atoms with van der Waals surface area (Å²) in [6.07, 6.45) is 4.51. The molecule has 3 nitrogen and oxygen atoms in total. The molecular formula is C15H27NO2S. The molecule has 2 atom stereocenters. The average molecular weight is 285 g/mol. The standard InChI is InChI=1S/C15H27NO2S/c1-15(2,3)19-11-13-6-4-5-8-16(13)14(17)12-7-9-18-10-12/h12-13H,4-11H2,1-3H3. The monoisotopic (exact) mass is 285 g/mol. The van der Waals surface area contributed by atoms with Gasteiger partial charge in [-0.25, -0.2) is 0 Å². The van der Waals surface area contributed by atoms with Crippen molar-refractivity contribution in [3.63, 3.8) is 0 Å². The molecule has 2 fully saturated rings. The molecule has 2 aliphatic heterocycles. The Morgan fingerprint density at radius 1 is 1.32 bits per heavy atom. The Morgan fingerprint density at radius 3 is 2.74 bits per heavy atom. The maximum atomic E-state index is 12.6. The van der Waals surface area contributed by atoms with Crippen LogP contribution in [0.5, 0.6) is 0 Å². The molecule has 0 radical (unpaired) electrons. The van der Waals surface area contributed by atoms with E-state index in [1.807, 2.05) is 11.8 Å². The maximum absolute atomic E-state index is 12.6. The lowest BCUT2D eigenvalue weighted by Gasteiger charge is -2.38. The van der Waals surface area contributed by atoms with Crippen LogP contribution in [-0.4, -0.2) is 47.1 Å². The Hall–Kier alpha value is -0.220. The van der Waals surface area contributed by atoms with Gasteiger partial charge in [0.15, 0.2) is 0 Å². The van der Waals surface area contributed by atoms with Crippen molar-refractivity contribution in [1.82, 2.24) is 4.90 Å². The third kappa shape index (κ3) is 4.38. The molecule has 2 aliphatic rings. The normalized spacial score (nSPS) is 28.7. The average Bonchev–Trinajstić information content (AvgIpc) is 2.89. The molecule has 0 N–H and O–H groups in total. The first-order valence-corrected chi connectivity index (χ1v) is 8.48. The van der Waals surface area contributed by atoms with E-state index in [1.54, 1.807) is 0 Å². The van der Waals surface area contributed by atoms with Crippen LogP contribution in [0.3, 0.4) is 0 Å². The highest BCUT2D eigenvalue weighted by molar-refractivity contribution is 8.00. The molecule has 0 aliphatic carbocycles. The van der Waals surface area contributed by atoms with Crippen molar-refractivity contribution in [3.8, 4) is 0 Å². The Bertz CT molecular complexity index is 308. The van der Waals surface area contributed by atoms with Crippen molar-refractivity contribution >= 4 is 17.7 Å². The summed E-state index contributed by atoms with van der Waals surface area (Å²) in [4.78, 5) is 14.7. The van der Waals surface area contributed by atoms with E-state index in [2.05, 4.69) is 25.7 Å². The first-order chi connectivity index (χ1) is 8.97. The minimum absolute atomic E-state index is 0.125. The molecule has 2 saturated heterocycles. The molecule has 0 aromatic heterocycles. The maximum Gasteiger partial charge on any atom is 0.228 e. The fourth-order valence-corrected chi connectivity index (χ4v) is 3.81. The van der Waals surface area contributed by atoms with Gasteiger partial charge in [-0.1, -0.05) is 20.8 Å². The fourth-order valence-electron chi connectivity index (χ4n) is 2.77. The summed E-state index contributed by atoms with van der Waals surface area (Å²) in [6.45, 7) is 9.08. The minimum Gasteiger partial charge on any atom is -0.381 e. The van der Waals surface area contributed by atoms with Crippen LogP contribution in [0, 0.1) is 5.92 Å². The highest BCUT2D eigenvalue weighted by Crippen LogP contribution is 2.30. The molecule has 2 rings (SSSR count). The third-order valence-corrected chi connectivity index (χ3v) is 5.32. The first-order valence-electron chi connectivity index (χ1n) is 7.49. The molecule has 4 heteroatoms. The van der Waals surface area contributed by atoms with Gasteiger partial charge in [0, 0.05) is 29.7 Å². The van der Waals surface area contributed by atoms with Crippen molar-refractivity contribution < 1.29 is 9.53 Å². The second-order valence-electron chi connectivity index (χ2n) is 6.67. The molecule has 110 valence electrons. The number of rotatable bonds is 3. The predicted octanol–water partition coefficient (Wildman–Crippen LogP) is 2.94. The molecular weight excluding hydrogens is 258 g/mol. The Kier molecular flexibility index (Phi) is 5.18. The van der Waals surface area contributed by atoms with Crippen LogP contribution in [0.1, 0.15) is 46.5 Å². The van der Waals surface area contributed by atoms with Crippen LogP contribution in [0.2, 0.25) is 0 Å². The number of carbonyl (C=O) groups excluding carboxylic acids is 1. The lowest BCUT2D eigenvalue weighted by molar-refractivity contribution is -0.138. The second kappa shape index (κ2) is 6.49. The Labute approximate surface area is 121 Å².